The molecule has 0 saturated carbocycles. The molecular formula is C29H29FN6O. The van der Waals surface area contributed by atoms with E-state index in [0.29, 0.717) is 31.0 Å². The minimum absolute atomic E-state index is 0.100. The van der Waals surface area contributed by atoms with Crippen molar-refractivity contribution in [3.63, 3.8) is 0 Å². The lowest BCUT2D eigenvalue weighted by atomic mass is 10.1. The fourth-order valence-corrected chi connectivity index (χ4v) is 4.72. The number of halogens is 1. The van der Waals surface area contributed by atoms with Crippen LogP contribution in [0.2, 0.25) is 0 Å². The fourth-order valence-electron chi connectivity index (χ4n) is 4.72. The van der Waals surface area contributed by atoms with E-state index >= 15 is 0 Å². The smallest absolute Gasteiger partial charge is 0.252 e. The molecular weight excluding hydrogens is 467 g/mol. The number of hydrogen-bond donors (Lipinski definition) is 1. The van der Waals surface area contributed by atoms with Crippen molar-refractivity contribution in [2.75, 3.05) is 0 Å². The van der Waals surface area contributed by atoms with E-state index in [-0.39, 0.29) is 17.4 Å². The molecule has 1 unspecified atom stereocenters. The highest BCUT2D eigenvalue weighted by molar-refractivity contribution is 5.79. The Labute approximate surface area is 214 Å². The Hall–Kier alpha value is -4.17. The highest BCUT2D eigenvalue weighted by Crippen LogP contribution is 2.27. The van der Waals surface area contributed by atoms with Gasteiger partial charge in [-0.25, -0.2) is 9.07 Å². The van der Waals surface area contributed by atoms with Gasteiger partial charge in [-0.15, -0.1) is 5.10 Å². The Morgan fingerprint density at radius 3 is 2.51 bits per heavy atom. The summed E-state index contributed by atoms with van der Waals surface area (Å²) in [6, 6.07) is 24.4. The summed E-state index contributed by atoms with van der Waals surface area (Å²) in [5.74, 6) is 0.424. The predicted octanol–water partition coefficient (Wildman–Crippen LogP) is 5.16. The van der Waals surface area contributed by atoms with Crippen LogP contribution >= 0.6 is 0 Å². The van der Waals surface area contributed by atoms with Crippen LogP contribution in [0.3, 0.4) is 0 Å². The number of aromatic amines is 1. The first-order valence-electron chi connectivity index (χ1n) is 12.4. The van der Waals surface area contributed by atoms with Crippen molar-refractivity contribution in [3.8, 4) is 0 Å². The molecule has 188 valence electrons. The highest BCUT2D eigenvalue weighted by atomic mass is 19.1. The quantitative estimate of drug-likeness (QED) is 0.305. The van der Waals surface area contributed by atoms with Crippen LogP contribution in [-0.2, 0) is 19.6 Å². The topological polar surface area (TPSA) is 79.7 Å². The van der Waals surface area contributed by atoms with Crippen LogP contribution in [0.25, 0.3) is 10.9 Å². The van der Waals surface area contributed by atoms with E-state index in [9.17, 15) is 9.18 Å². The molecule has 0 spiro atoms. The molecule has 0 fully saturated rings. The molecule has 5 rings (SSSR count). The SMILES string of the molecule is CCC(c1nnnn1Cc1ccc(F)cc1)N(Cc1ccccc1)Cc1cc2ccc(C)cc2[nH]c1=O. The molecule has 8 heteroatoms. The summed E-state index contributed by atoms with van der Waals surface area (Å²) in [5.41, 5.74) is 4.55. The lowest BCUT2D eigenvalue weighted by Crippen LogP contribution is -2.32. The zero-order chi connectivity index (χ0) is 25.8. The van der Waals surface area contributed by atoms with Gasteiger partial charge in [0, 0.05) is 24.2 Å². The average Bonchev–Trinajstić information content (AvgIpc) is 3.34. The summed E-state index contributed by atoms with van der Waals surface area (Å²) in [7, 11) is 0. The van der Waals surface area contributed by atoms with E-state index in [1.807, 2.05) is 49.4 Å². The van der Waals surface area contributed by atoms with Gasteiger partial charge in [-0.05, 0) is 70.1 Å². The molecule has 0 aliphatic rings. The number of nitrogens with one attached hydrogen (secondary N) is 1. The fraction of sp³-hybridized carbons (Fsp3) is 0.241. The number of rotatable bonds is 9. The Bertz CT molecular complexity index is 1540. The Kier molecular flexibility index (Phi) is 7.18. The van der Waals surface area contributed by atoms with Crippen LogP contribution in [0.4, 0.5) is 4.39 Å². The Balaban J connectivity index is 1.50. The molecule has 0 aliphatic carbocycles. The number of aryl methyl sites for hydroxylation is 1. The van der Waals surface area contributed by atoms with Gasteiger partial charge in [-0.2, -0.15) is 0 Å². The number of H-pyrrole nitrogens is 1. The summed E-state index contributed by atoms with van der Waals surface area (Å²) in [4.78, 5) is 18.4. The number of tetrazole rings is 1. The van der Waals surface area contributed by atoms with Crippen molar-refractivity contribution in [1.82, 2.24) is 30.1 Å². The standard InChI is InChI=1S/C29H29FN6O/c1-3-27(28-32-33-34-36(28)18-22-10-13-25(30)14-11-22)35(17-21-7-5-4-6-8-21)19-24-16-23-12-9-20(2)15-26(23)31-29(24)37/h4-16,27H,3,17-19H2,1-2H3,(H,31,37). The molecule has 7 nitrogen and oxygen atoms in total. The van der Waals surface area contributed by atoms with Gasteiger partial charge in [0.05, 0.1) is 12.6 Å². The molecule has 2 heterocycles. The summed E-state index contributed by atoms with van der Waals surface area (Å²) in [5, 5.41) is 13.6. The number of pyridine rings is 1. The molecule has 0 radical (unpaired) electrons. The molecule has 0 aliphatic heterocycles. The van der Waals surface area contributed by atoms with Gasteiger partial charge in [0.1, 0.15) is 5.82 Å². The van der Waals surface area contributed by atoms with E-state index < -0.39 is 0 Å². The maximum absolute atomic E-state index is 13.4. The lowest BCUT2D eigenvalue weighted by molar-refractivity contribution is 0.161. The molecule has 0 saturated heterocycles. The maximum Gasteiger partial charge on any atom is 0.252 e. The van der Waals surface area contributed by atoms with Crippen molar-refractivity contribution in [3.05, 3.63) is 123 Å². The summed E-state index contributed by atoms with van der Waals surface area (Å²) < 4.78 is 15.2. The number of fused-ring (bicyclic) bond motifs is 1. The third-order valence-corrected chi connectivity index (χ3v) is 6.61. The first-order chi connectivity index (χ1) is 18.0. The zero-order valence-corrected chi connectivity index (χ0v) is 20.9. The van der Waals surface area contributed by atoms with Crippen LogP contribution in [-0.4, -0.2) is 30.1 Å². The van der Waals surface area contributed by atoms with Crippen molar-refractivity contribution in [1.29, 1.82) is 0 Å². The van der Waals surface area contributed by atoms with Gasteiger partial charge in [0.2, 0.25) is 0 Å². The monoisotopic (exact) mass is 496 g/mol. The Morgan fingerprint density at radius 2 is 1.76 bits per heavy atom. The van der Waals surface area contributed by atoms with Crippen LogP contribution < -0.4 is 5.56 Å². The average molecular weight is 497 g/mol. The lowest BCUT2D eigenvalue weighted by Gasteiger charge is -2.30. The van der Waals surface area contributed by atoms with Gasteiger partial charge in [0.25, 0.3) is 5.56 Å². The minimum atomic E-state index is -0.281. The van der Waals surface area contributed by atoms with E-state index in [1.54, 1.807) is 16.8 Å². The first kappa shape index (κ1) is 24.5. The maximum atomic E-state index is 13.4. The van der Waals surface area contributed by atoms with E-state index in [2.05, 4.69) is 44.5 Å². The summed E-state index contributed by atoms with van der Waals surface area (Å²) in [6.07, 6.45) is 0.737. The second-order valence-electron chi connectivity index (χ2n) is 9.35. The summed E-state index contributed by atoms with van der Waals surface area (Å²) >= 11 is 0. The Morgan fingerprint density at radius 1 is 0.973 bits per heavy atom. The van der Waals surface area contributed by atoms with Crippen molar-refractivity contribution >= 4 is 10.9 Å². The largest absolute Gasteiger partial charge is 0.322 e. The molecule has 0 bridgehead atoms. The van der Waals surface area contributed by atoms with Gasteiger partial charge in [-0.1, -0.05) is 61.5 Å². The molecule has 5 aromatic rings. The van der Waals surface area contributed by atoms with Gasteiger partial charge in [0.15, 0.2) is 5.82 Å². The van der Waals surface area contributed by atoms with Crippen molar-refractivity contribution < 1.29 is 4.39 Å². The van der Waals surface area contributed by atoms with Gasteiger partial charge < -0.3 is 4.98 Å². The zero-order valence-electron chi connectivity index (χ0n) is 20.9. The van der Waals surface area contributed by atoms with Gasteiger partial charge >= 0.3 is 0 Å². The van der Waals surface area contributed by atoms with E-state index in [1.165, 1.54) is 12.1 Å². The molecule has 1 atom stereocenters. The van der Waals surface area contributed by atoms with Gasteiger partial charge in [-0.3, -0.25) is 9.69 Å². The third kappa shape index (κ3) is 5.65. The number of hydrogen-bond acceptors (Lipinski definition) is 5. The van der Waals surface area contributed by atoms with Crippen LogP contribution in [0.15, 0.2) is 83.7 Å². The number of nitrogens with zero attached hydrogens (tertiary/aromatic N) is 5. The van der Waals surface area contributed by atoms with Crippen LogP contribution in [0.1, 0.15) is 47.5 Å². The predicted molar refractivity (Wildman–Crippen MR) is 141 cm³/mol. The second kappa shape index (κ2) is 10.8. The third-order valence-electron chi connectivity index (χ3n) is 6.61. The number of benzene rings is 3. The molecule has 2 aromatic heterocycles. The highest BCUT2D eigenvalue weighted by Gasteiger charge is 2.26. The number of aromatic nitrogens is 5. The van der Waals surface area contributed by atoms with E-state index in [4.69, 9.17) is 0 Å². The van der Waals surface area contributed by atoms with E-state index in [0.717, 1.165) is 34.0 Å². The van der Waals surface area contributed by atoms with Crippen LogP contribution in [0.5, 0.6) is 0 Å². The normalized spacial score (nSPS) is 12.3. The van der Waals surface area contributed by atoms with Crippen LogP contribution in [0, 0.1) is 12.7 Å². The minimum Gasteiger partial charge on any atom is -0.322 e. The molecule has 37 heavy (non-hydrogen) atoms. The summed E-state index contributed by atoms with van der Waals surface area (Å²) in [6.45, 7) is 5.57. The first-order valence-corrected chi connectivity index (χ1v) is 12.4. The van der Waals surface area contributed by atoms with Crippen molar-refractivity contribution in [2.24, 2.45) is 0 Å². The second-order valence-corrected chi connectivity index (χ2v) is 9.35. The molecule has 3 aromatic carbocycles. The molecule has 1 N–H and O–H groups in total. The molecule has 0 amide bonds. The van der Waals surface area contributed by atoms with Crippen molar-refractivity contribution in [2.45, 2.75) is 45.9 Å².